The zero-order valence-electron chi connectivity index (χ0n) is 11.5. The zero-order chi connectivity index (χ0) is 13.0. The van der Waals surface area contributed by atoms with Crippen LogP contribution < -0.4 is 0 Å². The fraction of sp³-hybridized carbons (Fsp3) is 0.933. The van der Waals surface area contributed by atoms with Crippen LogP contribution in [-0.4, -0.2) is 28.7 Å². The average Bonchev–Trinajstić information content (AvgIpc) is 2.40. The van der Waals surface area contributed by atoms with E-state index in [1.54, 1.807) is 0 Å². The first-order valence-electron chi connectivity index (χ1n) is 7.58. The van der Waals surface area contributed by atoms with E-state index >= 15 is 0 Å². The molecule has 104 valence electrons. The quantitative estimate of drug-likeness (QED) is 0.721. The van der Waals surface area contributed by atoms with Crippen molar-refractivity contribution in [3.8, 4) is 0 Å². The highest BCUT2D eigenvalue weighted by atomic mass is 79.9. The number of halogens is 1. The van der Waals surface area contributed by atoms with E-state index in [0.29, 0.717) is 16.7 Å². The highest BCUT2D eigenvalue weighted by Crippen LogP contribution is 2.28. The zero-order valence-corrected chi connectivity index (χ0v) is 13.1. The molecule has 0 bridgehead atoms. The number of hydrogen-bond acceptors (Lipinski definition) is 1. The molecular weight excluding hydrogens is 290 g/mol. The van der Waals surface area contributed by atoms with Gasteiger partial charge in [0, 0.05) is 24.3 Å². The molecule has 1 aliphatic heterocycles. The molecule has 3 heteroatoms. The number of piperidine rings is 1. The maximum Gasteiger partial charge on any atom is 0.222 e. The first-order valence-corrected chi connectivity index (χ1v) is 8.50. The molecule has 0 spiro atoms. The third-order valence-corrected chi connectivity index (χ3v) is 6.00. The van der Waals surface area contributed by atoms with Crippen molar-refractivity contribution in [2.45, 2.75) is 63.1 Å². The molecule has 2 rings (SSSR count). The maximum absolute atomic E-state index is 12.2. The number of rotatable bonds is 3. The molecule has 0 aromatic heterocycles. The lowest BCUT2D eigenvalue weighted by Gasteiger charge is -2.34. The molecule has 2 fully saturated rings. The summed E-state index contributed by atoms with van der Waals surface area (Å²) >= 11 is 3.69. The number of alkyl halides is 1. The van der Waals surface area contributed by atoms with Gasteiger partial charge in [-0.15, -0.1) is 0 Å². The number of nitrogens with zero attached hydrogens (tertiary/aromatic N) is 1. The van der Waals surface area contributed by atoms with E-state index in [1.165, 1.54) is 32.1 Å². The summed E-state index contributed by atoms with van der Waals surface area (Å²) < 4.78 is 0. The van der Waals surface area contributed by atoms with Gasteiger partial charge in [-0.3, -0.25) is 4.79 Å². The minimum absolute atomic E-state index is 0.395. The van der Waals surface area contributed by atoms with Gasteiger partial charge in [0.05, 0.1) is 0 Å². The van der Waals surface area contributed by atoms with E-state index in [1.807, 2.05) is 0 Å². The first-order chi connectivity index (χ1) is 8.66. The van der Waals surface area contributed by atoms with Crippen molar-refractivity contribution in [1.82, 2.24) is 4.90 Å². The Bertz CT molecular complexity index is 276. The lowest BCUT2D eigenvalue weighted by Crippen LogP contribution is -2.43. The van der Waals surface area contributed by atoms with Crippen LogP contribution in [0.25, 0.3) is 0 Å². The minimum Gasteiger partial charge on any atom is -0.342 e. The van der Waals surface area contributed by atoms with Crippen molar-refractivity contribution in [3.63, 3.8) is 0 Å². The molecule has 1 saturated carbocycles. The molecule has 1 amide bonds. The normalized spacial score (nSPS) is 30.4. The molecule has 1 heterocycles. The van der Waals surface area contributed by atoms with Crippen molar-refractivity contribution in [2.24, 2.45) is 11.8 Å². The Balaban J connectivity index is 1.70. The third kappa shape index (κ3) is 3.97. The van der Waals surface area contributed by atoms with E-state index in [9.17, 15) is 4.79 Å². The van der Waals surface area contributed by atoms with Crippen LogP contribution in [0.3, 0.4) is 0 Å². The van der Waals surface area contributed by atoms with Gasteiger partial charge in [0.15, 0.2) is 0 Å². The summed E-state index contributed by atoms with van der Waals surface area (Å²) in [6.45, 7) is 4.13. The molecule has 0 aromatic rings. The topological polar surface area (TPSA) is 20.3 Å². The second-order valence-corrected chi connectivity index (χ2v) is 7.34. The standard InChI is InChI=1S/C15H26BrNO/c1-12-11-17(10-9-14(12)16)15(18)8-7-13-5-3-2-4-6-13/h12-14H,2-11H2,1H3. The Hall–Kier alpha value is -0.0500. The summed E-state index contributed by atoms with van der Waals surface area (Å²) in [4.78, 5) is 14.9. The molecule has 1 aliphatic carbocycles. The van der Waals surface area contributed by atoms with Crippen LogP contribution in [0.2, 0.25) is 0 Å². The van der Waals surface area contributed by atoms with Crippen molar-refractivity contribution < 1.29 is 4.79 Å². The van der Waals surface area contributed by atoms with Crippen molar-refractivity contribution in [3.05, 3.63) is 0 Å². The van der Waals surface area contributed by atoms with Crippen LogP contribution in [-0.2, 0) is 4.79 Å². The Morgan fingerprint density at radius 3 is 2.61 bits per heavy atom. The van der Waals surface area contributed by atoms with E-state index < -0.39 is 0 Å². The smallest absolute Gasteiger partial charge is 0.222 e. The van der Waals surface area contributed by atoms with Gasteiger partial charge in [0.25, 0.3) is 0 Å². The highest BCUT2D eigenvalue weighted by molar-refractivity contribution is 9.09. The summed E-state index contributed by atoms with van der Waals surface area (Å²) in [6, 6.07) is 0. The van der Waals surface area contributed by atoms with Gasteiger partial charge in [0.2, 0.25) is 5.91 Å². The molecule has 2 aliphatic rings. The summed E-state index contributed by atoms with van der Waals surface area (Å²) in [5.74, 6) is 1.82. The van der Waals surface area contributed by atoms with Crippen LogP contribution in [0.1, 0.15) is 58.3 Å². The van der Waals surface area contributed by atoms with Gasteiger partial charge >= 0.3 is 0 Å². The van der Waals surface area contributed by atoms with Crippen molar-refractivity contribution in [1.29, 1.82) is 0 Å². The molecule has 0 aromatic carbocycles. The van der Waals surface area contributed by atoms with Crippen LogP contribution >= 0.6 is 15.9 Å². The number of amides is 1. The van der Waals surface area contributed by atoms with Crippen molar-refractivity contribution in [2.75, 3.05) is 13.1 Å². The van der Waals surface area contributed by atoms with Gasteiger partial charge < -0.3 is 4.90 Å². The van der Waals surface area contributed by atoms with Crippen LogP contribution in [0.5, 0.6) is 0 Å². The lowest BCUT2D eigenvalue weighted by molar-refractivity contribution is -0.133. The minimum atomic E-state index is 0.395. The second-order valence-electron chi connectivity index (χ2n) is 6.16. The number of likely N-dealkylation sites (tertiary alicyclic amines) is 1. The summed E-state index contributed by atoms with van der Waals surface area (Å²) in [5, 5.41) is 0. The Morgan fingerprint density at radius 1 is 1.22 bits per heavy atom. The third-order valence-electron chi connectivity index (χ3n) is 4.64. The fourth-order valence-corrected chi connectivity index (χ4v) is 3.68. The molecule has 2 atom stereocenters. The fourth-order valence-electron chi connectivity index (χ4n) is 3.31. The second kappa shape index (κ2) is 6.93. The number of carbonyl (C=O) groups is 1. The molecule has 1 saturated heterocycles. The van der Waals surface area contributed by atoms with Gasteiger partial charge in [-0.1, -0.05) is 55.0 Å². The Kier molecular flexibility index (Phi) is 5.53. The number of hydrogen-bond donors (Lipinski definition) is 0. The lowest BCUT2D eigenvalue weighted by atomic mass is 9.86. The van der Waals surface area contributed by atoms with Crippen LogP contribution in [0.15, 0.2) is 0 Å². The molecule has 2 unspecified atom stereocenters. The Morgan fingerprint density at radius 2 is 1.94 bits per heavy atom. The maximum atomic E-state index is 12.2. The molecule has 0 radical (unpaired) electrons. The van der Waals surface area contributed by atoms with Gasteiger partial charge in [-0.05, 0) is 24.7 Å². The number of carbonyl (C=O) groups excluding carboxylic acids is 1. The Labute approximate surface area is 120 Å². The molecule has 18 heavy (non-hydrogen) atoms. The average molecular weight is 316 g/mol. The summed E-state index contributed by atoms with van der Waals surface area (Å²) in [6.07, 6.45) is 9.89. The molecule has 2 nitrogen and oxygen atoms in total. The van der Waals surface area contributed by atoms with Crippen LogP contribution in [0, 0.1) is 11.8 Å². The van der Waals surface area contributed by atoms with Gasteiger partial charge in [0.1, 0.15) is 0 Å². The van der Waals surface area contributed by atoms with E-state index in [2.05, 4.69) is 27.8 Å². The molecular formula is C15H26BrNO. The van der Waals surface area contributed by atoms with E-state index in [-0.39, 0.29) is 0 Å². The molecule has 0 N–H and O–H groups in total. The predicted molar refractivity (Wildman–Crippen MR) is 78.9 cm³/mol. The summed E-state index contributed by atoms with van der Waals surface area (Å²) in [7, 11) is 0. The van der Waals surface area contributed by atoms with Gasteiger partial charge in [-0.2, -0.15) is 0 Å². The monoisotopic (exact) mass is 315 g/mol. The van der Waals surface area contributed by atoms with E-state index in [4.69, 9.17) is 0 Å². The highest BCUT2D eigenvalue weighted by Gasteiger charge is 2.27. The van der Waals surface area contributed by atoms with Crippen molar-refractivity contribution >= 4 is 21.8 Å². The van der Waals surface area contributed by atoms with E-state index in [0.717, 1.165) is 38.3 Å². The predicted octanol–water partition coefficient (Wildman–Crippen LogP) is 3.98. The summed E-state index contributed by atoms with van der Waals surface area (Å²) in [5.41, 5.74) is 0. The van der Waals surface area contributed by atoms with Gasteiger partial charge in [-0.25, -0.2) is 0 Å². The SMILES string of the molecule is CC1CN(C(=O)CCC2CCCCC2)CCC1Br. The largest absolute Gasteiger partial charge is 0.342 e. The first kappa shape index (κ1) is 14.4. The van der Waals surface area contributed by atoms with Crippen LogP contribution in [0.4, 0.5) is 0 Å².